The van der Waals surface area contributed by atoms with Crippen LogP contribution in [0.3, 0.4) is 0 Å². The van der Waals surface area contributed by atoms with Crippen LogP contribution in [0.15, 0.2) is 54.6 Å². The van der Waals surface area contributed by atoms with Crippen molar-refractivity contribution in [3.8, 4) is 11.4 Å². The second kappa shape index (κ2) is 8.35. The molecule has 0 radical (unpaired) electrons. The molecule has 1 heterocycles. The first kappa shape index (κ1) is 18.4. The lowest BCUT2D eigenvalue weighted by atomic mass is 10.0. The highest BCUT2D eigenvalue weighted by atomic mass is 16.2. The van der Waals surface area contributed by atoms with Crippen molar-refractivity contribution >= 4 is 11.7 Å². The number of carbonyl (C=O) groups excluding carboxylic acids is 2. The number of Topliss-reactive ketones (excluding diaryl/α,β-unsaturated/α-hetero) is 1. The van der Waals surface area contributed by atoms with Gasteiger partial charge in [-0.2, -0.15) is 4.80 Å². The van der Waals surface area contributed by atoms with Crippen LogP contribution in [0.2, 0.25) is 0 Å². The third kappa shape index (κ3) is 5.07. The summed E-state index contributed by atoms with van der Waals surface area (Å²) in [5, 5.41) is 14.9. The number of ketones is 1. The minimum Gasteiger partial charge on any atom is -0.344 e. The fourth-order valence-electron chi connectivity index (χ4n) is 2.64. The number of aromatic nitrogens is 4. The van der Waals surface area contributed by atoms with Crippen molar-refractivity contribution in [3.63, 3.8) is 0 Å². The lowest BCUT2D eigenvalue weighted by Crippen LogP contribution is -2.43. The number of nitrogens with zero attached hydrogens (tertiary/aromatic N) is 4. The van der Waals surface area contributed by atoms with E-state index in [4.69, 9.17) is 0 Å². The normalized spacial score (nSPS) is 11.8. The minimum absolute atomic E-state index is 0.0981. The van der Waals surface area contributed by atoms with Gasteiger partial charge in [0.2, 0.25) is 11.7 Å². The molecular formula is C20H21N5O2. The summed E-state index contributed by atoms with van der Waals surface area (Å²) < 4.78 is 0. The Kier molecular flexibility index (Phi) is 5.71. The van der Waals surface area contributed by atoms with Crippen molar-refractivity contribution < 1.29 is 9.59 Å². The zero-order valence-electron chi connectivity index (χ0n) is 15.3. The molecule has 0 aliphatic heterocycles. The first-order valence-corrected chi connectivity index (χ1v) is 8.70. The molecule has 3 rings (SSSR count). The van der Waals surface area contributed by atoms with E-state index in [9.17, 15) is 9.59 Å². The summed E-state index contributed by atoms with van der Waals surface area (Å²) in [6, 6.07) is 16.7. The van der Waals surface area contributed by atoms with E-state index >= 15 is 0 Å². The van der Waals surface area contributed by atoms with Crippen molar-refractivity contribution in [2.24, 2.45) is 0 Å². The molecule has 7 heteroatoms. The van der Waals surface area contributed by atoms with Gasteiger partial charge in [-0.05, 0) is 31.0 Å². The summed E-state index contributed by atoms with van der Waals surface area (Å²) in [6.07, 6.45) is 0.446. The zero-order valence-corrected chi connectivity index (χ0v) is 15.3. The molecule has 27 heavy (non-hydrogen) atoms. The van der Waals surface area contributed by atoms with Gasteiger partial charge in [0, 0.05) is 5.56 Å². The predicted molar refractivity (Wildman–Crippen MR) is 101 cm³/mol. The highest BCUT2D eigenvalue weighted by molar-refractivity contribution is 5.87. The van der Waals surface area contributed by atoms with Crippen LogP contribution >= 0.6 is 0 Å². The van der Waals surface area contributed by atoms with E-state index < -0.39 is 6.04 Å². The summed E-state index contributed by atoms with van der Waals surface area (Å²) in [5.41, 5.74) is 2.95. The Morgan fingerprint density at radius 2 is 1.78 bits per heavy atom. The topological polar surface area (TPSA) is 89.8 Å². The van der Waals surface area contributed by atoms with Crippen molar-refractivity contribution in [2.45, 2.75) is 32.9 Å². The van der Waals surface area contributed by atoms with Crippen LogP contribution in [-0.2, 0) is 22.6 Å². The quantitative estimate of drug-likeness (QED) is 0.693. The fraction of sp³-hybridized carbons (Fsp3) is 0.250. The number of tetrazole rings is 1. The van der Waals surface area contributed by atoms with Gasteiger partial charge in [-0.1, -0.05) is 60.2 Å². The number of hydrogen-bond donors (Lipinski definition) is 1. The van der Waals surface area contributed by atoms with Gasteiger partial charge in [0.05, 0.1) is 6.04 Å². The van der Waals surface area contributed by atoms with Gasteiger partial charge in [-0.25, -0.2) is 0 Å². The standard InChI is InChI=1S/C20H21N5O2/c1-14-8-10-17(11-9-14)20-22-24-25(23-20)13-19(27)21-18(15(2)26)12-16-6-4-3-5-7-16/h3-11,18H,12-13H2,1-2H3,(H,21,27). The van der Waals surface area contributed by atoms with E-state index in [1.165, 1.54) is 11.7 Å². The summed E-state index contributed by atoms with van der Waals surface area (Å²) in [4.78, 5) is 25.4. The summed E-state index contributed by atoms with van der Waals surface area (Å²) in [5.74, 6) is 0.0216. The molecule has 0 saturated carbocycles. The second-order valence-electron chi connectivity index (χ2n) is 6.43. The molecule has 1 unspecified atom stereocenters. The predicted octanol–water partition coefficient (Wildman–Crippen LogP) is 1.97. The van der Waals surface area contributed by atoms with Gasteiger partial charge in [-0.3, -0.25) is 9.59 Å². The maximum Gasteiger partial charge on any atom is 0.244 e. The molecule has 0 aliphatic carbocycles. The van der Waals surface area contributed by atoms with E-state index in [2.05, 4.69) is 20.7 Å². The van der Waals surface area contributed by atoms with E-state index in [1.54, 1.807) is 0 Å². The van der Waals surface area contributed by atoms with Crippen LogP contribution in [0.5, 0.6) is 0 Å². The lowest BCUT2D eigenvalue weighted by molar-refractivity contribution is -0.127. The van der Waals surface area contributed by atoms with E-state index in [0.717, 1.165) is 16.7 Å². The molecule has 1 amide bonds. The third-order valence-electron chi connectivity index (χ3n) is 4.16. The van der Waals surface area contributed by atoms with Crippen molar-refractivity contribution in [1.82, 2.24) is 25.5 Å². The summed E-state index contributed by atoms with van der Waals surface area (Å²) in [7, 11) is 0. The van der Waals surface area contributed by atoms with Crippen LogP contribution in [0.25, 0.3) is 11.4 Å². The third-order valence-corrected chi connectivity index (χ3v) is 4.16. The molecule has 138 valence electrons. The van der Waals surface area contributed by atoms with Crippen molar-refractivity contribution in [3.05, 3.63) is 65.7 Å². The lowest BCUT2D eigenvalue weighted by Gasteiger charge is -2.15. The van der Waals surface area contributed by atoms with E-state index in [-0.39, 0.29) is 18.2 Å². The number of amides is 1. The molecule has 7 nitrogen and oxygen atoms in total. The van der Waals surface area contributed by atoms with E-state index in [0.29, 0.717) is 12.2 Å². The second-order valence-corrected chi connectivity index (χ2v) is 6.43. The Bertz CT molecular complexity index is 919. The molecule has 0 fully saturated rings. The van der Waals surface area contributed by atoms with Crippen LogP contribution < -0.4 is 5.32 Å². The van der Waals surface area contributed by atoms with Crippen LogP contribution in [0.1, 0.15) is 18.1 Å². The SMILES string of the molecule is CC(=O)C(Cc1ccccc1)NC(=O)Cn1nnc(-c2ccc(C)cc2)n1. The molecule has 3 aromatic rings. The fourth-order valence-corrected chi connectivity index (χ4v) is 2.64. The number of nitrogens with one attached hydrogen (secondary N) is 1. The zero-order chi connectivity index (χ0) is 19.2. The monoisotopic (exact) mass is 363 g/mol. The van der Waals surface area contributed by atoms with Crippen LogP contribution in [0.4, 0.5) is 0 Å². The molecule has 0 saturated heterocycles. The van der Waals surface area contributed by atoms with Crippen molar-refractivity contribution in [2.75, 3.05) is 0 Å². The molecule has 0 aliphatic rings. The molecule has 1 atom stereocenters. The van der Waals surface area contributed by atoms with Gasteiger partial charge >= 0.3 is 0 Å². The molecule has 0 spiro atoms. The number of carbonyl (C=O) groups is 2. The van der Waals surface area contributed by atoms with Gasteiger partial charge in [-0.15, -0.1) is 10.2 Å². The Hall–Kier alpha value is -3.35. The molecule has 0 bridgehead atoms. The average Bonchev–Trinajstić information content (AvgIpc) is 3.11. The molecular weight excluding hydrogens is 342 g/mol. The highest BCUT2D eigenvalue weighted by Gasteiger charge is 2.18. The molecule has 1 aromatic heterocycles. The Balaban J connectivity index is 1.62. The van der Waals surface area contributed by atoms with Gasteiger partial charge < -0.3 is 5.32 Å². The summed E-state index contributed by atoms with van der Waals surface area (Å²) >= 11 is 0. The number of aryl methyl sites for hydroxylation is 1. The summed E-state index contributed by atoms with van der Waals surface area (Å²) in [6.45, 7) is 3.37. The molecule has 2 aromatic carbocycles. The number of hydrogen-bond acceptors (Lipinski definition) is 5. The molecule has 1 N–H and O–H groups in total. The van der Waals surface area contributed by atoms with E-state index in [1.807, 2.05) is 61.5 Å². The maximum atomic E-state index is 12.3. The Morgan fingerprint density at radius 3 is 2.44 bits per heavy atom. The number of benzene rings is 2. The Labute approximate surface area is 157 Å². The van der Waals surface area contributed by atoms with Gasteiger partial charge in [0.15, 0.2) is 5.78 Å². The maximum absolute atomic E-state index is 12.3. The first-order valence-electron chi connectivity index (χ1n) is 8.70. The first-order chi connectivity index (χ1) is 13.0. The Morgan fingerprint density at radius 1 is 1.07 bits per heavy atom. The smallest absolute Gasteiger partial charge is 0.244 e. The number of rotatable bonds is 7. The minimum atomic E-state index is -0.583. The van der Waals surface area contributed by atoms with Crippen LogP contribution in [0, 0.1) is 6.92 Å². The van der Waals surface area contributed by atoms with Gasteiger partial charge in [0.1, 0.15) is 6.54 Å². The average molecular weight is 363 g/mol. The largest absolute Gasteiger partial charge is 0.344 e. The van der Waals surface area contributed by atoms with Gasteiger partial charge in [0.25, 0.3) is 0 Å². The van der Waals surface area contributed by atoms with Crippen LogP contribution in [-0.4, -0.2) is 37.9 Å². The van der Waals surface area contributed by atoms with Crippen molar-refractivity contribution in [1.29, 1.82) is 0 Å². The highest BCUT2D eigenvalue weighted by Crippen LogP contribution is 2.13.